The van der Waals surface area contributed by atoms with Gasteiger partial charge in [-0.15, -0.1) is 0 Å². The van der Waals surface area contributed by atoms with Crippen LogP contribution in [0.3, 0.4) is 0 Å². The van der Waals surface area contributed by atoms with E-state index in [4.69, 9.17) is 33.9 Å². The maximum Gasteiger partial charge on any atom is 0.118 e. The van der Waals surface area contributed by atoms with Gasteiger partial charge in [0.05, 0.1) is 10.7 Å². The third-order valence-electron chi connectivity index (χ3n) is 5.58. The third-order valence-corrected chi connectivity index (χ3v) is 6.13. The van der Waals surface area contributed by atoms with Gasteiger partial charge in [0.25, 0.3) is 0 Å². The second-order valence-electron chi connectivity index (χ2n) is 7.87. The molecule has 0 spiro atoms. The van der Waals surface area contributed by atoms with Gasteiger partial charge in [0, 0.05) is 34.6 Å². The smallest absolute Gasteiger partial charge is 0.118 e. The van der Waals surface area contributed by atoms with Crippen molar-refractivity contribution in [3.05, 3.63) is 125 Å². The summed E-state index contributed by atoms with van der Waals surface area (Å²) >= 11 is 12.6. The predicted octanol–water partition coefficient (Wildman–Crippen LogP) is 7.69. The summed E-state index contributed by atoms with van der Waals surface area (Å²) < 4.78 is 2.12. The summed E-state index contributed by atoms with van der Waals surface area (Å²) in [4.78, 5) is 4.95. The zero-order chi connectivity index (χ0) is 22.8. The fourth-order valence-electron chi connectivity index (χ4n) is 3.86. The van der Waals surface area contributed by atoms with Gasteiger partial charge in [-0.05, 0) is 59.2 Å². The van der Waals surface area contributed by atoms with Crippen LogP contribution in [0.25, 0.3) is 28.1 Å². The Bertz CT molecular complexity index is 1390. The topological polar surface area (TPSA) is 43.8 Å². The molecule has 5 heteroatoms. The number of hydrogen-bond donors (Lipinski definition) is 1. The number of hydrogen-bond acceptors (Lipinski definition) is 2. The zero-order valence-electron chi connectivity index (χ0n) is 17.7. The van der Waals surface area contributed by atoms with Crippen molar-refractivity contribution in [2.24, 2.45) is 0 Å². The zero-order valence-corrected chi connectivity index (χ0v) is 19.3. The molecule has 4 aromatic carbocycles. The molecule has 0 radical (unpaired) electrons. The molecule has 0 saturated carbocycles. The molecule has 2 N–H and O–H groups in total. The van der Waals surface area contributed by atoms with Gasteiger partial charge in [-0.3, -0.25) is 0 Å². The van der Waals surface area contributed by atoms with Crippen molar-refractivity contribution >= 4 is 28.9 Å². The van der Waals surface area contributed by atoms with Crippen LogP contribution < -0.4 is 5.73 Å². The highest BCUT2D eigenvalue weighted by Crippen LogP contribution is 2.31. The van der Waals surface area contributed by atoms with E-state index in [1.54, 1.807) is 6.07 Å². The van der Waals surface area contributed by atoms with E-state index in [1.807, 2.05) is 60.8 Å². The second kappa shape index (κ2) is 9.14. The first kappa shape index (κ1) is 21.3. The van der Waals surface area contributed by atoms with Crippen LogP contribution in [0.2, 0.25) is 10.0 Å². The molecule has 1 aromatic heterocycles. The summed E-state index contributed by atoms with van der Waals surface area (Å²) in [7, 11) is 0. The summed E-state index contributed by atoms with van der Waals surface area (Å²) in [6.45, 7) is 0. The Kier molecular flexibility index (Phi) is 5.91. The van der Waals surface area contributed by atoms with E-state index in [0.717, 1.165) is 39.6 Å². The Morgan fingerprint density at radius 2 is 1.42 bits per heavy atom. The van der Waals surface area contributed by atoms with Gasteiger partial charge in [0.2, 0.25) is 0 Å². The Morgan fingerprint density at radius 1 is 0.758 bits per heavy atom. The van der Waals surface area contributed by atoms with E-state index >= 15 is 0 Å². The monoisotopic (exact) mass is 469 g/mol. The lowest BCUT2D eigenvalue weighted by atomic mass is 10.0. The lowest BCUT2D eigenvalue weighted by Crippen LogP contribution is -2.01. The van der Waals surface area contributed by atoms with Crippen LogP contribution in [-0.2, 0) is 6.42 Å². The first-order chi connectivity index (χ1) is 16.1. The lowest BCUT2D eigenvalue weighted by molar-refractivity contribution is 0.914. The Balaban J connectivity index is 1.50. The molecule has 0 unspecified atom stereocenters. The number of aromatic nitrogens is 2. The number of imidazole rings is 1. The minimum absolute atomic E-state index is 0.583. The standard InChI is InChI=1S/C28H21Cl2N3/c29-22-12-15-25(26(30)17-22)27-18-33(24-4-2-1-3-5-24)28(32-27)16-19-6-8-20(9-7-19)21-10-13-23(31)14-11-21/h1-15,17-18H,16,31H2. The van der Waals surface area contributed by atoms with Gasteiger partial charge in [0.1, 0.15) is 5.82 Å². The van der Waals surface area contributed by atoms with Crippen molar-refractivity contribution in [1.29, 1.82) is 0 Å². The van der Waals surface area contributed by atoms with Crippen LogP contribution in [0.5, 0.6) is 0 Å². The van der Waals surface area contributed by atoms with Crippen molar-refractivity contribution in [2.75, 3.05) is 5.73 Å². The molecule has 0 amide bonds. The lowest BCUT2D eigenvalue weighted by Gasteiger charge is -2.08. The molecular weight excluding hydrogens is 449 g/mol. The number of nitrogens with two attached hydrogens (primary N) is 1. The predicted molar refractivity (Wildman–Crippen MR) is 138 cm³/mol. The van der Waals surface area contributed by atoms with Crippen LogP contribution in [0.1, 0.15) is 11.4 Å². The maximum atomic E-state index is 6.48. The highest BCUT2D eigenvalue weighted by Gasteiger charge is 2.14. The minimum atomic E-state index is 0.583. The summed E-state index contributed by atoms with van der Waals surface area (Å²) in [6.07, 6.45) is 2.71. The number of halogens is 2. The largest absolute Gasteiger partial charge is 0.399 e. The van der Waals surface area contributed by atoms with Crippen molar-refractivity contribution in [2.45, 2.75) is 6.42 Å². The normalized spacial score (nSPS) is 11.0. The molecule has 1 heterocycles. The fraction of sp³-hybridized carbons (Fsp3) is 0.0357. The molecule has 0 aliphatic heterocycles. The SMILES string of the molecule is Nc1ccc(-c2ccc(Cc3nc(-c4ccc(Cl)cc4Cl)cn3-c3ccccc3)cc2)cc1. The number of rotatable bonds is 5. The number of nitrogen functional groups attached to an aromatic ring is 1. The number of nitrogens with zero attached hydrogens (tertiary/aromatic N) is 2. The van der Waals surface area contributed by atoms with E-state index in [1.165, 1.54) is 5.56 Å². The van der Waals surface area contributed by atoms with Gasteiger partial charge in [-0.25, -0.2) is 4.98 Å². The molecule has 3 nitrogen and oxygen atoms in total. The van der Waals surface area contributed by atoms with Crippen molar-refractivity contribution < 1.29 is 0 Å². The molecule has 0 bridgehead atoms. The Morgan fingerprint density at radius 3 is 2.09 bits per heavy atom. The van der Waals surface area contributed by atoms with E-state index in [0.29, 0.717) is 16.5 Å². The molecule has 0 atom stereocenters. The summed E-state index contributed by atoms with van der Waals surface area (Å²) in [5, 5.41) is 1.19. The van der Waals surface area contributed by atoms with Crippen molar-refractivity contribution in [3.63, 3.8) is 0 Å². The van der Waals surface area contributed by atoms with Gasteiger partial charge in [-0.1, -0.05) is 77.8 Å². The molecular formula is C28H21Cl2N3. The number of benzene rings is 4. The first-order valence-corrected chi connectivity index (χ1v) is 11.4. The van der Waals surface area contributed by atoms with Crippen molar-refractivity contribution in [1.82, 2.24) is 9.55 Å². The molecule has 5 rings (SSSR count). The highest BCUT2D eigenvalue weighted by atomic mass is 35.5. The molecule has 0 fully saturated rings. The van der Waals surface area contributed by atoms with E-state index in [2.05, 4.69) is 41.0 Å². The van der Waals surface area contributed by atoms with Crippen LogP contribution in [-0.4, -0.2) is 9.55 Å². The molecule has 0 saturated heterocycles. The van der Waals surface area contributed by atoms with Crippen molar-refractivity contribution in [3.8, 4) is 28.1 Å². The molecule has 162 valence electrons. The van der Waals surface area contributed by atoms with Gasteiger partial charge >= 0.3 is 0 Å². The minimum Gasteiger partial charge on any atom is -0.399 e. The van der Waals surface area contributed by atoms with Crippen LogP contribution >= 0.6 is 23.2 Å². The first-order valence-electron chi connectivity index (χ1n) is 10.6. The molecule has 33 heavy (non-hydrogen) atoms. The quantitative estimate of drug-likeness (QED) is 0.268. The van der Waals surface area contributed by atoms with E-state index in [-0.39, 0.29) is 0 Å². The average Bonchev–Trinajstić information content (AvgIpc) is 3.24. The van der Waals surface area contributed by atoms with Crippen LogP contribution in [0, 0.1) is 0 Å². The highest BCUT2D eigenvalue weighted by molar-refractivity contribution is 6.36. The van der Waals surface area contributed by atoms with Gasteiger partial charge in [0.15, 0.2) is 0 Å². The maximum absolute atomic E-state index is 6.48. The van der Waals surface area contributed by atoms with Crippen LogP contribution in [0.4, 0.5) is 5.69 Å². The molecule has 5 aromatic rings. The summed E-state index contributed by atoms with van der Waals surface area (Å²) in [5.41, 5.74) is 12.8. The van der Waals surface area contributed by atoms with Crippen LogP contribution in [0.15, 0.2) is 103 Å². The van der Waals surface area contributed by atoms with Gasteiger partial charge < -0.3 is 10.3 Å². The molecule has 0 aliphatic rings. The second-order valence-corrected chi connectivity index (χ2v) is 8.71. The third kappa shape index (κ3) is 4.65. The van der Waals surface area contributed by atoms with E-state index in [9.17, 15) is 0 Å². The summed E-state index contributed by atoms with van der Waals surface area (Å²) in [6, 6.07) is 32.2. The van der Waals surface area contributed by atoms with Gasteiger partial charge in [-0.2, -0.15) is 0 Å². The Hall–Kier alpha value is -3.53. The summed E-state index contributed by atoms with van der Waals surface area (Å²) in [5.74, 6) is 0.933. The number of para-hydroxylation sites is 1. The average molecular weight is 470 g/mol. The number of anilines is 1. The fourth-order valence-corrected chi connectivity index (χ4v) is 4.36. The Labute approximate surface area is 203 Å². The van der Waals surface area contributed by atoms with E-state index < -0.39 is 0 Å². The molecule has 0 aliphatic carbocycles.